The molecule has 0 unspecified atom stereocenters. The number of amides is 3. The fourth-order valence-corrected chi connectivity index (χ4v) is 7.00. The third-order valence-electron chi connectivity index (χ3n) is 8.33. The zero-order valence-corrected chi connectivity index (χ0v) is 27.1. The highest BCUT2D eigenvalue weighted by Crippen LogP contribution is 2.41. The third-order valence-corrected chi connectivity index (χ3v) is 9.87. The highest BCUT2D eigenvalue weighted by atomic mass is 32.1. The molecule has 2 aliphatic heterocycles. The normalized spacial score (nSPS) is 24.1. The second kappa shape index (κ2) is 11.7. The molecule has 1 N–H and O–H groups in total. The predicted octanol–water partition coefficient (Wildman–Crippen LogP) is 6.12. The maximum atomic E-state index is 14.1. The van der Waals surface area contributed by atoms with Crippen molar-refractivity contribution in [3.63, 3.8) is 0 Å². The number of nitrogens with zero attached hydrogens (tertiary/aromatic N) is 3. The average Bonchev–Trinajstić information content (AvgIpc) is 3.50. The van der Waals surface area contributed by atoms with Crippen molar-refractivity contribution in [2.24, 2.45) is 11.8 Å². The topological polar surface area (TPSA) is 117 Å². The van der Waals surface area contributed by atoms with Crippen LogP contribution in [0.4, 0.5) is 15.3 Å². The maximum Gasteiger partial charge on any atom is 0.410 e. The highest BCUT2D eigenvalue weighted by Gasteiger charge is 2.48. The van der Waals surface area contributed by atoms with Crippen molar-refractivity contribution < 1.29 is 33.8 Å². The molecule has 0 aromatic carbocycles. The van der Waals surface area contributed by atoms with Gasteiger partial charge in [0.05, 0.1) is 24.8 Å². The lowest BCUT2D eigenvalue weighted by Gasteiger charge is -2.47. The first-order valence-corrected chi connectivity index (χ1v) is 15.8. The van der Waals surface area contributed by atoms with Crippen LogP contribution in [0.25, 0.3) is 0 Å². The first-order chi connectivity index (χ1) is 19.4. The van der Waals surface area contributed by atoms with Crippen LogP contribution < -0.4 is 4.90 Å². The van der Waals surface area contributed by atoms with Crippen molar-refractivity contribution in [2.45, 2.75) is 110 Å². The Hall–Kier alpha value is -2.82. The van der Waals surface area contributed by atoms with Gasteiger partial charge in [0.2, 0.25) is 5.91 Å². The molecule has 1 aliphatic carbocycles. The SMILES string of the molecule is CC1CCC(C(=O)N(c2cc(C(C)(C)C)sc2C(=O)O)[C@H]2CCN(C(=O)OC3(C)CN(C(=O)OC(C)(C)C)C3)C2)CC1. The summed E-state index contributed by atoms with van der Waals surface area (Å²) in [6.07, 6.45) is 3.07. The van der Waals surface area contributed by atoms with E-state index in [9.17, 15) is 24.3 Å². The number of hydrogen-bond donors (Lipinski definition) is 1. The first-order valence-electron chi connectivity index (χ1n) is 15.0. The lowest BCUT2D eigenvalue weighted by Crippen LogP contribution is -2.64. The summed E-state index contributed by atoms with van der Waals surface area (Å²) in [7, 11) is 0. The molecular weight excluding hydrogens is 558 g/mol. The molecule has 0 bridgehead atoms. The van der Waals surface area contributed by atoms with E-state index in [2.05, 4.69) is 6.92 Å². The van der Waals surface area contributed by atoms with Gasteiger partial charge < -0.3 is 29.3 Å². The molecule has 11 heteroatoms. The molecule has 3 amide bonds. The number of carbonyl (C=O) groups excluding carboxylic acids is 3. The minimum Gasteiger partial charge on any atom is -0.477 e. The number of anilines is 1. The van der Waals surface area contributed by atoms with Gasteiger partial charge in [-0.1, -0.05) is 27.7 Å². The number of carbonyl (C=O) groups is 4. The number of ether oxygens (including phenoxy) is 2. The number of likely N-dealkylation sites (tertiary alicyclic amines) is 2. The van der Waals surface area contributed by atoms with Crippen molar-refractivity contribution in [3.05, 3.63) is 15.8 Å². The van der Waals surface area contributed by atoms with E-state index in [1.165, 1.54) is 16.2 Å². The molecule has 1 aromatic heterocycles. The second-order valence-corrected chi connectivity index (χ2v) is 15.6. The summed E-state index contributed by atoms with van der Waals surface area (Å²) in [4.78, 5) is 58.0. The minimum atomic E-state index is -1.05. The molecule has 3 aliphatic rings. The third kappa shape index (κ3) is 7.21. The van der Waals surface area contributed by atoms with Gasteiger partial charge >= 0.3 is 18.2 Å². The molecule has 1 aromatic rings. The van der Waals surface area contributed by atoms with E-state index in [0.717, 1.165) is 30.6 Å². The van der Waals surface area contributed by atoms with E-state index >= 15 is 0 Å². The number of carboxylic acids is 1. The van der Waals surface area contributed by atoms with Crippen LogP contribution >= 0.6 is 11.3 Å². The number of thiophene rings is 1. The number of aromatic carboxylic acids is 1. The van der Waals surface area contributed by atoms with Gasteiger partial charge in [-0.15, -0.1) is 11.3 Å². The Morgan fingerprint density at radius 1 is 0.976 bits per heavy atom. The lowest BCUT2D eigenvalue weighted by atomic mass is 9.82. The van der Waals surface area contributed by atoms with E-state index in [0.29, 0.717) is 24.6 Å². The summed E-state index contributed by atoms with van der Waals surface area (Å²) in [5.74, 6) is -0.708. The Morgan fingerprint density at radius 2 is 1.60 bits per heavy atom. The van der Waals surface area contributed by atoms with Crippen LogP contribution in [0.3, 0.4) is 0 Å². The van der Waals surface area contributed by atoms with Gasteiger partial charge in [0.15, 0.2) is 0 Å². The van der Waals surface area contributed by atoms with E-state index in [1.54, 1.807) is 37.5 Å². The summed E-state index contributed by atoms with van der Waals surface area (Å²) in [6.45, 7) is 16.6. The highest BCUT2D eigenvalue weighted by molar-refractivity contribution is 7.14. The summed E-state index contributed by atoms with van der Waals surface area (Å²) in [5.41, 5.74) is -1.29. The zero-order chi connectivity index (χ0) is 31.2. The molecular formula is C31H47N3O7S. The van der Waals surface area contributed by atoms with Crippen molar-refractivity contribution in [1.82, 2.24) is 9.80 Å². The molecule has 10 nitrogen and oxygen atoms in total. The Morgan fingerprint density at radius 3 is 2.14 bits per heavy atom. The van der Waals surface area contributed by atoms with Crippen LogP contribution in [-0.4, -0.2) is 82.4 Å². The molecule has 2 saturated heterocycles. The van der Waals surface area contributed by atoms with E-state index < -0.39 is 29.4 Å². The van der Waals surface area contributed by atoms with E-state index in [4.69, 9.17) is 9.47 Å². The molecule has 42 heavy (non-hydrogen) atoms. The summed E-state index contributed by atoms with van der Waals surface area (Å²) < 4.78 is 11.3. The Bertz CT molecular complexity index is 1200. The van der Waals surface area contributed by atoms with Crippen LogP contribution in [0.2, 0.25) is 0 Å². The molecule has 3 fully saturated rings. The minimum absolute atomic E-state index is 0.0539. The fourth-order valence-electron chi connectivity index (χ4n) is 5.96. The summed E-state index contributed by atoms with van der Waals surface area (Å²) >= 11 is 1.22. The molecule has 0 radical (unpaired) electrons. The van der Waals surface area contributed by atoms with Crippen molar-refractivity contribution in [3.8, 4) is 0 Å². The fraction of sp³-hybridized carbons (Fsp3) is 0.742. The standard InChI is InChI=1S/C31H47N3O7S/c1-19-9-11-20(12-10-19)25(35)34(22-15-23(29(2,3)4)42-24(22)26(36)37)21-13-14-32(16-21)27(38)41-31(8)17-33(18-31)28(39)40-30(5,6)7/h15,19-21H,9-14,16-18H2,1-8H3,(H,36,37)/t19?,20?,21-/m0/s1. The monoisotopic (exact) mass is 605 g/mol. The summed E-state index contributed by atoms with van der Waals surface area (Å²) in [5, 5.41) is 10.1. The number of rotatable bonds is 5. The molecule has 1 atom stereocenters. The quantitative estimate of drug-likeness (QED) is 0.430. The molecule has 3 heterocycles. The van der Waals surface area contributed by atoms with Gasteiger partial charge in [-0.3, -0.25) is 4.79 Å². The van der Waals surface area contributed by atoms with Gasteiger partial charge in [0.1, 0.15) is 16.1 Å². The molecule has 1 saturated carbocycles. The molecule has 4 rings (SSSR count). The van der Waals surface area contributed by atoms with Crippen molar-refractivity contribution in [1.29, 1.82) is 0 Å². The average molecular weight is 606 g/mol. The first kappa shape index (κ1) is 32.1. The van der Waals surface area contributed by atoms with Crippen molar-refractivity contribution in [2.75, 3.05) is 31.1 Å². The Balaban J connectivity index is 1.51. The van der Waals surface area contributed by atoms with Gasteiger partial charge in [-0.25, -0.2) is 14.4 Å². The Kier molecular flexibility index (Phi) is 8.94. The van der Waals surface area contributed by atoms with Gasteiger partial charge in [0, 0.05) is 23.9 Å². The van der Waals surface area contributed by atoms with Gasteiger partial charge in [-0.05, 0) is 77.2 Å². The van der Waals surface area contributed by atoms with Crippen LogP contribution in [0.1, 0.15) is 102 Å². The smallest absolute Gasteiger partial charge is 0.410 e. The van der Waals surface area contributed by atoms with Gasteiger partial charge in [0.25, 0.3) is 0 Å². The van der Waals surface area contributed by atoms with Crippen LogP contribution in [0.15, 0.2) is 6.07 Å². The maximum absolute atomic E-state index is 14.1. The molecule has 234 valence electrons. The molecule has 0 spiro atoms. The van der Waals surface area contributed by atoms with Crippen molar-refractivity contribution >= 4 is 41.1 Å². The number of hydrogen-bond acceptors (Lipinski definition) is 7. The van der Waals surface area contributed by atoms with E-state index in [-0.39, 0.29) is 47.8 Å². The number of carboxylic acid groups (broad SMARTS) is 1. The zero-order valence-electron chi connectivity index (χ0n) is 26.3. The Labute approximate surface area is 253 Å². The summed E-state index contributed by atoms with van der Waals surface area (Å²) in [6, 6.07) is 1.50. The van der Waals surface area contributed by atoms with Crippen LogP contribution in [0, 0.1) is 11.8 Å². The second-order valence-electron chi connectivity index (χ2n) is 14.6. The lowest BCUT2D eigenvalue weighted by molar-refractivity contribution is -0.124. The van der Waals surface area contributed by atoms with Crippen LogP contribution in [-0.2, 0) is 19.7 Å². The predicted molar refractivity (Wildman–Crippen MR) is 161 cm³/mol. The van der Waals surface area contributed by atoms with Crippen LogP contribution in [0.5, 0.6) is 0 Å². The van der Waals surface area contributed by atoms with E-state index in [1.807, 2.05) is 26.8 Å². The largest absolute Gasteiger partial charge is 0.477 e. The van der Waals surface area contributed by atoms with Gasteiger partial charge in [-0.2, -0.15) is 0 Å².